The van der Waals surface area contributed by atoms with E-state index in [-0.39, 0.29) is 30.5 Å². The molecular weight excluding hydrogens is 358 g/mol. The van der Waals surface area contributed by atoms with Crippen LogP contribution in [0.25, 0.3) is 21.7 Å². The molecule has 1 amide bonds. The normalized spacial score (nSPS) is 20.1. The van der Waals surface area contributed by atoms with Gasteiger partial charge in [-0.3, -0.25) is 4.79 Å². The molecule has 1 unspecified atom stereocenters. The second-order valence-electron chi connectivity index (χ2n) is 6.50. The number of benzene rings is 1. The van der Waals surface area contributed by atoms with Crippen molar-refractivity contribution < 1.29 is 18.7 Å². The largest absolute Gasteiger partial charge is 0.465 e. The molecule has 3 N–H and O–H groups in total. The molecule has 2 atom stereocenters. The predicted molar refractivity (Wildman–Crippen MR) is 96.3 cm³/mol. The number of likely N-dealkylation sites (tertiary alicyclic amines) is 1. The summed E-state index contributed by atoms with van der Waals surface area (Å²) in [4.78, 5) is 31.2. The van der Waals surface area contributed by atoms with Crippen molar-refractivity contribution in [2.24, 2.45) is 0 Å². The molecule has 0 spiro atoms. The first-order chi connectivity index (χ1) is 12.9. The van der Waals surface area contributed by atoms with Gasteiger partial charge in [0.25, 0.3) is 5.56 Å². The number of rotatable bonds is 2. The molecule has 0 saturated carbocycles. The minimum absolute atomic E-state index is 0.202. The van der Waals surface area contributed by atoms with Crippen molar-refractivity contribution in [3.05, 3.63) is 46.6 Å². The number of hydrogen-bond donors (Lipinski definition) is 3. The molecule has 1 saturated heterocycles. The number of carboxylic acid groups (broad SMARTS) is 1. The van der Waals surface area contributed by atoms with Crippen LogP contribution in [0.1, 0.15) is 6.42 Å². The summed E-state index contributed by atoms with van der Waals surface area (Å²) in [7, 11) is 0. The number of anilines is 1. The van der Waals surface area contributed by atoms with E-state index in [1.807, 2.05) is 0 Å². The maximum atomic E-state index is 14.5. The van der Waals surface area contributed by atoms with Crippen molar-refractivity contribution >= 4 is 33.6 Å². The average molecular weight is 374 g/mol. The van der Waals surface area contributed by atoms with Gasteiger partial charge in [-0.25, -0.2) is 18.6 Å². The molecule has 1 aliphatic heterocycles. The van der Waals surface area contributed by atoms with Crippen molar-refractivity contribution in [1.29, 1.82) is 0 Å². The van der Waals surface area contributed by atoms with Gasteiger partial charge in [-0.15, -0.1) is 0 Å². The number of amides is 1. The van der Waals surface area contributed by atoms with Crippen LogP contribution in [0.15, 0.2) is 35.3 Å². The van der Waals surface area contributed by atoms with E-state index in [0.29, 0.717) is 22.1 Å². The highest BCUT2D eigenvalue weighted by Gasteiger charge is 2.32. The molecule has 0 bridgehead atoms. The molecule has 140 valence electrons. The van der Waals surface area contributed by atoms with Crippen LogP contribution in [0, 0.1) is 5.82 Å². The monoisotopic (exact) mass is 374 g/mol. The van der Waals surface area contributed by atoms with Gasteiger partial charge in [-0.05, 0) is 30.7 Å². The van der Waals surface area contributed by atoms with Gasteiger partial charge in [0, 0.05) is 23.5 Å². The lowest BCUT2D eigenvalue weighted by Crippen LogP contribution is -2.49. The van der Waals surface area contributed by atoms with Gasteiger partial charge < -0.3 is 20.3 Å². The van der Waals surface area contributed by atoms with Crippen molar-refractivity contribution in [3.63, 3.8) is 0 Å². The Balaban J connectivity index is 1.78. The van der Waals surface area contributed by atoms with Crippen LogP contribution in [0.5, 0.6) is 0 Å². The Kier molecular flexibility index (Phi) is 4.14. The zero-order valence-electron chi connectivity index (χ0n) is 14.1. The van der Waals surface area contributed by atoms with E-state index < -0.39 is 24.1 Å². The Morgan fingerprint density at radius 1 is 1.33 bits per heavy atom. The fourth-order valence-corrected chi connectivity index (χ4v) is 3.46. The van der Waals surface area contributed by atoms with Gasteiger partial charge in [-0.1, -0.05) is 0 Å². The number of piperidine rings is 1. The summed E-state index contributed by atoms with van der Waals surface area (Å²) in [6, 6.07) is 4.94. The number of halogens is 2. The topological polar surface area (TPSA) is 98.3 Å². The maximum Gasteiger partial charge on any atom is 0.407 e. The molecular formula is C18H16F2N4O3. The summed E-state index contributed by atoms with van der Waals surface area (Å²) >= 11 is 0. The molecule has 3 heterocycles. The fraction of sp³-hybridized carbons (Fsp3) is 0.278. The molecule has 3 aromatic rings. The molecule has 1 aliphatic rings. The quantitative estimate of drug-likeness (QED) is 0.599. The minimum Gasteiger partial charge on any atom is -0.465 e. The number of aromatic amines is 1. The van der Waals surface area contributed by atoms with Crippen molar-refractivity contribution in [2.45, 2.75) is 18.6 Å². The summed E-state index contributed by atoms with van der Waals surface area (Å²) in [5.74, 6) is -0.165. The van der Waals surface area contributed by atoms with Gasteiger partial charge in [-0.2, -0.15) is 0 Å². The van der Waals surface area contributed by atoms with Crippen LogP contribution in [0.3, 0.4) is 0 Å². The molecule has 9 heteroatoms. The predicted octanol–water partition coefficient (Wildman–Crippen LogP) is 2.72. The summed E-state index contributed by atoms with van der Waals surface area (Å²) in [6.07, 6.45) is -0.858. The van der Waals surface area contributed by atoms with E-state index in [4.69, 9.17) is 5.11 Å². The number of fused-ring (bicyclic) bond motifs is 3. The van der Waals surface area contributed by atoms with E-state index in [1.165, 1.54) is 24.4 Å². The van der Waals surface area contributed by atoms with Gasteiger partial charge in [0.15, 0.2) is 0 Å². The Labute approximate surface area is 151 Å². The third-order valence-corrected chi connectivity index (χ3v) is 4.81. The second-order valence-corrected chi connectivity index (χ2v) is 6.50. The summed E-state index contributed by atoms with van der Waals surface area (Å²) in [5.41, 5.74) is -0.0296. The molecule has 1 aromatic carbocycles. The molecule has 0 aliphatic carbocycles. The fourth-order valence-electron chi connectivity index (χ4n) is 3.46. The summed E-state index contributed by atoms with van der Waals surface area (Å²) < 4.78 is 28.3. The average Bonchev–Trinajstić information content (AvgIpc) is 2.63. The lowest BCUT2D eigenvalue weighted by molar-refractivity contribution is 0.101. The second kappa shape index (κ2) is 6.49. The van der Waals surface area contributed by atoms with E-state index in [1.54, 1.807) is 6.07 Å². The van der Waals surface area contributed by atoms with Crippen LogP contribution in [0.4, 0.5) is 19.4 Å². The van der Waals surface area contributed by atoms with Crippen molar-refractivity contribution in [3.8, 4) is 0 Å². The molecule has 4 rings (SSSR count). The number of alkyl halides is 1. The van der Waals surface area contributed by atoms with Crippen LogP contribution in [-0.4, -0.2) is 51.4 Å². The van der Waals surface area contributed by atoms with Crippen LogP contribution in [0.2, 0.25) is 0 Å². The Bertz CT molecular complexity index is 1100. The molecule has 0 radical (unpaired) electrons. The number of aromatic nitrogens is 2. The van der Waals surface area contributed by atoms with E-state index in [2.05, 4.69) is 15.3 Å². The Hall–Kier alpha value is -3.23. The molecule has 7 nitrogen and oxygen atoms in total. The highest BCUT2D eigenvalue weighted by Crippen LogP contribution is 2.30. The van der Waals surface area contributed by atoms with Gasteiger partial charge >= 0.3 is 6.09 Å². The Morgan fingerprint density at radius 2 is 2.15 bits per heavy atom. The van der Waals surface area contributed by atoms with Gasteiger partial charge in [0.05, 0.1) is 23.5 Å². The van der Waals surface area contributed by atoms with Crippen LogP contribution >= 0.6 is 0 Å². The van der Waals surface area contributed by atoms with Crippen molar-refractivity contribution in [1.82, 2.24) is 14.9 Å². The zero-order chi connectivity index (χ0) is 19.1. The highest BCUT2D eigenvalue weighted by atomic mass is 19.1. The summed E-state index contributed by atoms with van der Waals surface area (Å²) in [5, 5.41) is 13.2. The first-order valence-electron chi connectivity index (χ1n) is 8.43. The number of H-pyrrole nitrogens is 1. The molecule has 1 fully saturated rings. The molecule has 27 heavy (non-hydrogen) atoms. The Morgan fingerprint density at radius 3 is 2.89 bits per heavy atom. The van der Waals surface area contributed by atoms with Gasteiger partial charge in [0.1, 0.15) is 17.8 Å². The lowest BCUT2D eigenvalue weighted by Gasteiger charge is -2.33. The third-order valence-electron chi connectivity index (χ3n) is 4.81. The van der Waals surface area contributed by atoms with Crippen LogP contribution in [-0.2, 0) is 0 Å². The highest BCUT2D eigenvalue weighted by molar-refractivity contribution is 6.09. The standard InChI is InChI=1S/C18H16F2N4O3/c19-9-1-2-10-11(7-9)15-14(3-5-21-17(15)25)23-16(10)22-13-4-6-24(18(26)27)8-12(13)20/h1-3,5,7,12-13H,4,6,8H2,(H,21,25)(H,22,23)(H,26,27)/t12-,13?/m0/s1. The van der Waals surface area contributed by atoms with E-state index in [0.717, 1.165) is 4.90 Å². The number of hydrogen-bond acceptors (Lipinski definition) is 4. The zero-order valence-corrected chi connectivity index (χ0v) is 14.1. The maximum absolute atomic E-state index is 14.5. The smallest absolute Gasteiger partial charge is 0.407 e. The number of nitrogens with one attached hydrogen (secondary N) is 2. The number of pyridine rings is 2. The van der Waals surface area contributed by atoms with Crippen LogP contribution < -0.4 is 10.9 Å². The first kappa shape index (κ1) is 17.2. The first-order valence-corrected chi connectivity index (χ1v) is 8.43. The summed E-state index contributed by atoms with van der Waals surface area (Å²) in [6.45, 7) is -0.0277. The number of carbonyl (C=O) groups is 1. The van der Waals surface area contributed by atoms with Gasteiger partial charge in [0.2, 0.25) is 0 Å². The van der Waals surface area contributed by atoms with E-state index >= 15 is 0 Å². The number of nitrogens with zero attached hydrogens (tertiary/aromatic N) is 2. The lowest BCUT2D eigenvalue weighted by atomic mass is 10.0. The third kappa shape index (κ3) is 3.05. The minimum atomic E-state index is -1.41. The van der Waals surface area contributed by atoms with Crippen molar-refractivity contribution in [2.75, 3.05) is 18.4 Å². The molecule has 2 aromatic heterocycles. The SMILES string of the molecule is O=C(O)N1CCC(Nc2nc3cc[nH]c(=O)c3c3cc(F)ccc23)[C@@H](F)C1. The van der Waals surface area contributed by atoms with E-state index in [9.17, 15) is 18.4 Å².